The van der Waals surface area contributed by atoms with Crippen LogP contribution in [0.4, 0.5) is 18.9 Å². The Kier molecular flexibility index (Phi) is 7.73. The molecule has 2 unspecified atom stereocenters. The number of anilines is 1. The van der Waals surface area contributed by atoms with Gasteiger partial charge in [0.2, 0.25) is 5.91 Å². The van der Waals surface area contributed by atoms with Gasteiger partial charge in [-0.1, -0.05) is 23.9 Å². The van der Waals surface area contributed by atoms with Crippen LogP contribution in [0.2, 0.25) is 0 Å². The van der Waals surface area contributed by atoms with E-state index in [-0.39, 0.29) is 23.4 Å². The van der Waals surface area contributed by atoms with Gasteiger partial charge in [0.15, 0.2) is 11.0 Å². The van der Waals surface area contributed by atoms with Crippen LogP contribution in [-0.2, 0) is 16.1 Å². The molecular weight excluding hydrogens is 469 g/mol. The summed E-state index contributed by atoms with van der Waals surface area (Å²) in [7, 11) is 0. The van der Waals surface area contributed by atoms with Crippen LogP contribution in [0.25, 0.3) is 11.4 Å². The molecule has 2 atom stereocenters. The van der Waals surface area contributed by atoms with Gasteiger partial charge in [-0.05, 0) is 56.2 Å². The Morgan fingerprint density at radius 1 is 1.24 bits per heavy atom. The number of para-hydroxylation sites is 2. The summed E-state index contributed by atoms with van der Waals surface area (Å²) in [5, 5.41) is 11.0. The van der Waals surface area contributed by atoms with E-state index in [1.165, 1.54) is 42.1 Å². The number of hydrogen-bond donors (Lipinski definition) is 1. The monoisotopic (exact) mass is 492 g/mol. The Hall–Kier alpha value is -3.05. The van der Waals surface area contributed by atoms with Gasteiger partial charge in [0, 0.05) is 12.2 Å². The van der Waals surface area contributed by atoms with Crippen LogP contribution in [0.15, 0.2) is 53.7 Å². The summed E-state index contributed by atoms with van der Waals surface area (Å²) in [5.41, 5.74) is 0.835. The molecule has 1 N–H and O–H groups in total. The van der Waals surface area contributed by atoms with Crippen molar-refractivity contribution in [2.45, 2.75) is 49.4 Å². The minimum absolute atomic E-state index is 0.0166. The summed E-state index contributed by atoms with van der Waals surface area (Å²) >= 11 is 1.18. The number of hydrogen-bond acceptors (Lipinski definition) is 6. The number of nitrogens with zero attached hydrogens (tertiary/aromatic N) is 3. The molecule has 180 valence electrons. The van der Waals surface area contributed by atoms with Crippen LogP contribution in [0.1, 0.15) is 19.8 Å². The van der Waals surface area contributed by atoms with Crippen LogP contribution in [-0.4, -0.2) is 45.2 Å². The fourth-order valence-corrected chi connectivity index (χ4v) is 4.42. The molecule has 2 aromatic carbocycles. The molecule has 1 aliphatic heterocycles. The van der Waals surface area contributed by atoms with Crippen molar-refractivity contribution in [1.82, 2.24) is 14.8 Å². The molecule has 4 rings (SSSR count). The van der Waals surface area contributed by atoms with Crippen molar-refractivity contribution in [3.05, 3.63) is 54.3 Å². The van der Waals surface area contributed by atoms with Gasteiger partial charge in [-0.3, -0.25) is 9.36 Å². The molecule has 0 spiro atoms. The first-order chi connectivity index (χ1) is 16.4. The highest BCUT2D eigenvalue weighted by atomic mass is 32.2. The van der Waals surface area contributed by atoms with Crippen molar-refractivity contribution >= 4 is 23.4 Å². The third-order valence-corrected chi connectivity index (χ3v) is 6.32. The minimum atomic E-state index is -3.01. The van der Waals surface area contributed by atoms with Crippen molar-refractivity contribution in [2.24, 2.45) is 0 Å². The number of rotatable bonds is 9. The number of thioether (sulfide) groups is 1. The number of ether oxygens (including phenoxy) is 2. The molecular formula is C23H23F3N4O3S. The third-order valence-electron chi connectivity index (χ3n) is 5.24. The number of aromatic nitrogens is 3. The van der Waals surface area contributed by atoms with Crippen LogP contribution in [0.3, 0.4) is 0 Å². The van der Waals surface area contributed by atoms with Crippen LogP contribution in [0, 0.1) is 5.82 Å². The maximum absolute atomic E-state index is 13.4. The maximum Gasteiger partial charge on any atom is 0.387 e. The van der Waals surface area contributed by atoms with E-state index >= 15 is 0 Å². The largest absolute Gasteiger partial charge is 0.433 e. The summed E-state index contributed by atoms with van der Waals surface area (Å²) in [4.78, 5) is 12.8. The van der Waals surface area contributed by atoms with Crippen molar-refractivity contribution in [3.63, 3.8) is 0 Å². The highest BCUT2D eigenvalue weighted by molar-refractivity contribution is 8.00. The third kappa shape index (κ3) is 5.89. The summed E-state index contributed by atoms with van der Waals surface area (Å²) in [6.45, 7) is -0.160. The molecule has 1 fully saturated rings. The summed E-state index contributed by atoms with van der Waals surface area (Å²) in [5.74, 6) is -0.347. The number of halogens is 3. The second-order valence-electron chi connectivity index (χ2n) is 7.68. The number of alkyl halides is 2. The molecule has 0 bridgehead atoms. The zero-order valence-electron chi connectivity index (χ0n) is 18.3. The highest BCUT2D eigenvalue weighted by Gasteiger charge is 2.25. The zero-order valence-corrected chi connectivity index (χ0v) is 19.1. The van der Waals surface area contributed by atoms with Gasteiger partial charge < -0.3 is 14.8 Å². The Morgan fingerprint density at radius 3 is 2.71 bits per heavy atom. The number of benzene rings is 2. The van der Waals surface area contributed by atoms with Crippen molar-refractivity contribution in [2.75, 3.05) is 11.9 Å². The van der Waals surface area contributed by atoms with Gasteiger partial charge in [0.05, 0.1) is 23.6 Å². The number of nitrogens with one attached hydrogen (secondary N) is 1. The Labute approximate surface area is 198 Å². The van der Waals surface area contributed by atoms with Crippen LogP contribution in [0.5, 0.6) is 5.75 Å². The SMILES string of the molecule is CC(Sc1nnc(-c2ccc(F)cc2)n1CC1CCCO1)C(=O)Nc1ccccc1OC(F)F. The fraction of sp³-hybridized carbons (Fsp3) is 0.348. The van der Waals surface area contributed by atoms with Gasteiger partial charge in [0.1, 0.15) is 11.6 Å². The van der Waals surface area contributed by atoms with E-state index in [0.29, 0.717) is 29.7 Å². The standard InChI is InChI=1S/C23H23F3N4O3S/c1-14(21(31)27-18-6-2-3-7-19(18)33-22(25)26)34-23-29-28-20(15-8-10-16(24)11-9-15)30(23)13-17-5-4-12-32-17/h2-3,6-11,14,17,22H,4-5,12-13H2,1H3,(H,27,31). The van der Waals surface area contributed by atoms with Crippen LogP contribution >= 0.6 is 11.8 Å². The Balaban J connectivity index is 1.53. The van der Waals surface area contributed by atoms with Gasteiger partial charge in [-0.25, -0.2) is 4.39 Å². The molecule has 7 nitrogen and oxygen atoms in total. The Bertz CT molecular complexity index is 1120. The summed E-state index contributed by atoms with van der Waals surface area (Å²) < 4.78 is 50.9. The quantitative estimate of drug-likeness (QED) is 0.425. The molecule has 3 aromatic rings. The molecule has 0 aliphatic carbocycles. The van der Waals surface area contributed by atoms with E-state index in [9.17, 15) is 18.0 Å². The van der Waals surface area contributed by atoms with E-state index in [1.54, 1.807) is 25.1 Å². The smallest absolute Gasteiger partial charge is 0.387 e. The molecule has 2 heterocycles. The van der Waals surface area contributed by atoms with Gasteiger partial charge in [-0.2, -0.15) is 8.78 Å². The topological polar surface area (TPSA) is 78.3 Å². The van der Waals surface area contributed by atoms with Gasteiger partial charge >= 0.3 is 6.61 Å². The lowest BCUT2D eigenvalue weighted by atomic mass is 10.2. The number of amides is 1. The van der Waals surface area contributed by atoms with E-state index in [4.69, 9.17) is 4.74 Å². The van der Waals surface area contributed by atoms with E-state index < -0.39 is 17.8 Å². The average molecular weight is 493 g/mol. The van der Waals surface area contributed by atoms with Crippen molar-refractivity contribution < 1.29 is 27.4 Å². The average Bonchev–Trinajstić information content (AvgIpc) is 3.46. The molecule has 1 amide bonds. The lowest BCUT2D eigenvalue weighted by molar-refractivity contribution is -0.115. The second kappa shape index (κ2) is 10.9. The number of carbonyl (C=O) groups is 1. The molecule has 1 aliphatic rings. The van der Waals surface area contributed by atoms with Crippen LogP contribution < -0.4 is 10.1 Å². The first-order valence-electron chi connectivity index (χ1n) is 10.7. The molecule has 11 heteroatoms. The zero-order chi connectivity index (χ0) is 24.1. The molecule has 0 radical (unpaired) electrons. The first-order valence-corrected chi connectivity index (χ1v) is 11.6. The number of carbonyl (C=O) groups excluding carboxylic acids is 1. The molecule has 1 aromatic heterocycles. The van der Waals surface area contributed by atoms with E-state index in [0.717, 1.165) is 12.8 Å². The molecule has 1 saturated heterocycles. The van der Waals surface area contributed by atoms with Crippen molar-refractivity contribution in [1.29, 1.82) is 0 Å². The minimum Gasteiger partial charge on any atom is -0.433 e. The Morgan fingerprint density at radius 2 is 2.00 bits per heavy atom. The maximum atomic E-state index is 13.4. The van der Waals surface area contributed by atoms with E-state index in [2.05, 4.69) is 20.3 Å². The lowest BCUT2D eigenvalue weighted by Crippen LogP contribution is -2.24. The fourth-order valence-electron chi connectivity index (χ4n) is 3.56. The molecule has 34 heavy (non-hydrogen) atoms. The van der Waals surface area contributed by atoms with Gasteiger partial charge in [0.25, 0.3) is 0 Å². The second-order valence-corrected chi connectivity index (χ2v) is 8.99. The van der Waals surface area contributed by atoms with Crippen molar-refractivity contribution in [3.8, 4) is 17.1 Å². The predicted molar refractivity (Wildman–Crippen MR) is 121 cm³/mol. The van der Waals surface area contributed by atoms with Gasteiger partial charge in [-0.15, -0.1) is 10.2 Å². The lowest BCUT2D eigenvalue weighted by Gasteiger charge is -2.17. The summed E-state index contributed by atoms with van der Waals surface area (Å²) in [6.07, 6.45) is 1.83. The molecule has 0 saturated carbocycles. The highest BCUT2D eigenvalue weighted by Crippen LogP contribution is 2.31. The normalized spacial score (nSPS) is 16.6. The first kappa shape index (κ1) is 24.1. The summed E-state index contributed by atoms with van der Waals surface area (Å²) in [6, 6.07) is 11.9. The van der Waals surface area contributed by atoms with E-state index in [1.807, 2.05) is 4.57 Å². The predicted octanol–water partition coefficient (Wildman–Crippen LogP) is 4.98.